The van der Waals surface area contributed by atoms with Gasteiger partial charge >= 0.3 is 0 Å². The molecule has 0 spiro atoms. The van der Waals surface area contributed by atoms with E-state index in [1.807, 2.05) is 0 Å². The molecule has 41 heavy (non-hydrogen) atoms. The van der Waals surface area contributed by atoms with E-state index in [2.05, 4.69) is 64.3 Å². The zero-order valence-electron chi connectivity index (χ0n) is 30.4. The van der Waals surface area contributed by atoms with E-state index in [1.165, 1.54) is 185 Å². The Balaban J connectivity index is 4.08. The molecule has 248 valence electrons. The van der Waals surface area contributed by atoms with Gasteiger partial charge in [-0.1, -0.05) is 187 Å². The second-order valence-corrected chi connectivity index (χ2v) is 24.7. The van der Waals surface area contributed by atoms with E-state index in [9.17, 15) is 0 Å². The van der Waals surface area contributed by atoms with E-state index in [0.29, 0.717) is 0 Å². The van der Waals surface area contributed by atoms with Crippen LogP contribution in [0.1, 0.15) is 174 Å². The van der Waals surface area contributed by atoms with Crippen LogP contribution in [-0.2, 0) is 0 Å². The third kappa shape index (κ3) is 23.4. The van der Waals surface area contributed by atoms with Gasteiger partial charge in [0, 0.05) is 0 Å². The highest BCUT2D eigenvalue weighted by molar-refractivity contribution is 6.77. The molecule has 2 atom stereocenters. The molecular weight excluding hydrogens is 529 g/mol. The zero-order valence-corrected chi connectivity index (χ0v) is 32.4. The van der Waals surface area contributed by atoms with Crippen LogP contribution in [0.4, 0.5) is 0 Å². The minimum Gasteiger partial charge on any atom is -0.329 e. The molecule has 0 N–H and O–H groups in total. The largest absolute Gasteiger partial charge is 0.329 e. The highest BCUT2D eigenvalue weighted by atomic mass is 28.3. The van der Waals surface area contributed by atoms with Gasteiger partial charge in [-0.3, -0.25) is 0 Å². The van der Waals surface area contributed by atoms with E-state index < -0.39 is 16.5 Å². The summed E-state index contributed by atoms with van der Waals surface area (Å²) in [5.74, 6) is 0. The quantitative estimate of drug-likeness (QED) is 0.0552. The Morgan fingerprint density at radius 3 is 0.707 bits per heavy atom. The van der Waals surface area contributed by atoms with E-state index in [0.717, 1.165) is 0 Å². The summed E-state index contributed by atoms with van der Waals surface area (Å²) in [6.07, 6.45) is 36.5. The predicted octanol–water partition coefficient (Wildman–Crippen LogP) is 13.1. The van der Waals surface area contributed by atoms with Gasteiger partial charge in [0.1, 0.15) is 16.5 Å². The van der Waals surface area contributed by atoms with Crippen molar-refractivity contribution in [2.24, 2.45) is 0 Å². The molecule has 0 aliphatic carbocycles. The Morgan fingerprint density at radius 1 is 0.293 bits per heavy atom. The summed E-state index contributed by atoms with van der Waals surface area (Å²) < 4.78 is 5.37. The summed E-state index contributed by atoms with van der Waals surface area (Å²) in [5.41, 5.74) is 0. The van der Waals surface area contributed by atoms with Gasteiger partial charge in [-0.15, -0.1) is 0 Å². The number of hydrogen-bond acceptors (Lipinski definition) is 2. The molecule has 0 aliphatic rings. The van der Waals surface area contributed by atoms with Crippen molar-refractivity contribution in [1.29, 1.82) is 0 Å². The van der Waals surface area contributed by atoms with Crippen molar-refractivity contribution in [2.75, 3.05) is 28.2 Å². The van der Waals surface area contributed by atoms with Gasteiger partial charge in [0.15, 0.2) is 0 Å². The number of nitrogens with zero attached hydrogens (tertiary/aromatic N) is 2. The van der Waals surface area contributed by atoms with Gasteiger partial charge in [0.25, 0.3) is 0 Å². The summed E-state index contributed by atoms with van der Waals surface area (Å²) >= 11 is 0. The fraction of sp³-hybridized carbons (Fsp3) is 1.00. The lowest BCUT2D eigenvalue weighted by molar-refractivity contribution is 0.541. The Morgan fingerprint density at radius 2 is 0.488 bits per heavy atom. The summed E-state index contributed by atoms with van der Waals surface area (Å²) in [6, 6.07) is 6.03. The fourth-order valence-corrected chi connectivity index (χ4v) is 13.2. The molecule has 0 amide bonds. The first-order chi connectivity index (χ1) is 19.7. The molecule has 0 saturated heterocycles. The van der Waals surface area contributed by atoms with Gasteiger partial charge in [0.2, 0.25) is 0 Å². The first-order valence-electron chi connectivity index (χ1n) is 19.1. The van der Waals surface area contributed by atoms with Crippen LogP contribution in [0.15, 0.2) is 0 Å². The molecule has 0 radical (unpaired) electrons. The molecular formula is C37H82N2Si2. The molecule has 2 nitrogen and oxygen atoms in total. The Kier molecular flexibility index (Phi) is 28.1. The highest BCUT2D eigenvalue weighted by Crippen LogP contribution is 2.30. The smallest absolute Gasteiger partial charge is 0.124 e. The van der Waals surface area contributed by atoms with Crippen LogP contribution in [0.2, 0.25) is 37.3 Å². The van der Waals surface area contributed by atoms with Gasteiger partial charge < -0.3 is 9.13 Å². The topological polar surface area (TPSA) is 6.48 Å². The average Bonchev–Trinajstić information content (AvgIpc) is 2.94. The molecule has 0 aromatic rings. The van der Waals surface area contributed by atoms with Crippen LogP contribution in [0, 0.1) is 0 Å². The monoisotopic (exact) mass is 611 g/mol. The van der Waals surface area contributed by atoms with Crippen LogP contribution >= 0.6 is 0 Å². The summed E-state index contributed by atoms with van der Waals surface area (Å²) in [7, 11) is 6.98. The Bertz CT molecular complexity index is 495. The van der Waals surface area contributed by atoms with Gasteiger partial charge in [0.05, 0.1) is 0 Å². The van der Waals surface area contributed by atoms with E-state index in [4.69, 9.17) is 0 Å². The Hall–Kier alpha value is 0.354. The van der Waals surface area contributed by atoms with E-state index in [-0.39, 0.29) is 0 Å². The summed E-state index contributed by atoms with van der Waals surface area (Å²) in [5, 5.41) is 0. The van der Waals surface area contributed by atoms with Crippen molar-refractivity contribution in [3.8, 4) is 0 Å². The number of unbranched alkanes of at least 4 members (excludes halogenated alkanes) is 22. The third-order valence-electron chi connectivity index (χ3n) is 10.7. The minimum absolute atomic E-state index is 1.29. The standard InChI is InChI=1S/C37H82N2Si2/c1-9-11-13-15-17-19-21-23-25-27-29-31-34-40(7,38(3)4)36-33-37-41(8,39(5)6)35-32-30-28-26-24-22-20-18-16-14-12-10-2/h9-37H2,1-8H3. The van der Waals surface area contributed by atoms with Crippen LogP contribution in [0.3, 0.4) is 0 Å². The van der Waals surface area contributed by atoms with E-state index >= 15 is 0 Å². The lowest BCUT2D eigenvalue weighted by atomic mass is 10.1. The van der Waals surface area contributed by atoms with Crippen molar-refractivity contribution in [3.63, 3.8) is 0 Å². The normalized spacial score (nSPS) is 15.1. The van der Waals surface area contributed by atoms with Crippen LogP contribution < -0.4 is 0 Å². The number of rotatable bonds is 32. The van der Waals surface area contributed by atoms with Gasteiger partial charge in [-0.25, -0.2) is 0 Å². The SMILES string of the molecule is CCCCCCCCCCCCCC[Si](C)(CCC[Si](C)(CCCCCCCCCCCCCC)N(C)C)N(C)C. The molecule has 0 heterocycles. The maximum atomic E-state index is 2.69. The highest BCUT2D eigenvalue weighted by Gasteiger charge is 2.33. The molecule has 0 fully saturated rings. The molecule has 0 aliphatic heterocycles. The maximum Gasteiger partial charge on any atom is 0.124 e. The molecule has 0 saturated carbocycles. The van der Waals surface area contributed by atoms with Crippen LogP contribution in [-0.4, -0.2) is 53.8 Å². The molecule has 0 aromatic heterocycles. The average molecular weight is 611 g/mol. The first-order valence-corrected chi connectivity index (χ1v) is 24.8. The van der Waals surface area contributed by atoms with Crippen molar-refractivity contribution in [3.05, 3.63) is 0 Å². The maximum absolute atomic E-state index is 2.69. The summed E-state index contributed by atoms with van der Waals surface area (Å²) in [4.78, 5) is 0. The van der Waals surface area contributed by atoms with Gasteiger partial charge in [-0.2, -0.15) is 0 Å². The van der Waals surface area contributed by atoms with Crippen LogP contribution in [0.5, 0.6) is 0 Å². The second kappa shape index (κ2) is 27.9. The van der Waals surface area contributed by atoms with Crippen molar-refractivity contribution >= 4 is 16.5 Å². The lowest BCUT2D eigenvalue weighted by Gasteiger charge is -2.38. The molecule has 2 unspecified atom stereocenters. The number of hydrogen-bond donors (Lipinski definition) is 0. The minimum atomic E-state index is -1.29. The van der Waals surface area contributed by atoms with Gasteiger partial charge in [-0.05, 0) is 52.4 Å². The second-order valence-electron chi connectivity index (χ2n) is 14.9. The molecule has 0 aromatic carbocycles. The first kappa shape index (κ1) is 41.4. The third-order valence-corrected chi connectivity index (χ3v) is 20.8. The van der Waals surface area contributed by atoms with E-state index in [1.54, 1.807) is 0 Å². The molecule has 4 heteroatoms. The Labute approximate surface area is 264 Å². The molecule has 0 bridgehead atoms. The molecule has 0 rings (SSSR count). The van der Waals surface area contributed by atoms with Crippen LogP contribution in [0.25, 0.3) is 0 Å². The lowest BCUT2D eigenvalue weighted by Crippen LogP contribution is -2.49. The van der Waals surface area contributed by atoms with Crippen molar-refractivity contribution in [2.45, 2.75) is 212 Å². The summed E-state index contributed by atoms with van der Waals surface area (Å²) in [6.45, 7) is 10.00. The fourth-order valence-electron chi connectivity index (χ4n) is 6.69. The zero-order chi connectivity index (χ0) is 30.7. The van der Waals surface area contributed by atoms with Crippen molar-refractivity contribution in [1.82, 2.24) is 9.13 Å². The predicted molar refractivity (Wildman–Crippen MR) is 197 cm³/mol. The van der Waals surface area contributed by atoms with Crippen molar-refractivity contribution < 1.29 is 0 Å².